The normalized spacial score (nSPS) is 9.73. The van der Waals surface area contributed by atoms with Gasteiger partial charge in [0.05, 0.1) is 6.54 Å². The number of nitrogens with one attached hydrogen (secondary N) is 1. The van der Waals surface area contributed by atoms with Crippen molar-refractivity contribution in [1.29, 1.82) is 0 Å². The Bertz CT molecular complexity index is 357. The SMILES string of the molecule is O=C(O)NCCOc1ccc(F)cc1F. The smallest absolute Gasteiger partial charge is 0.404 e. The molecule has 6 heteroatoms. The summed E-state index contributed by atoms with van der Waals surface area (Å²) in [5.41, 5.74) is 0. The molecule has 0 aliphatic rings. The van der Waals surface area contributed by atoms with Gasteiger partial charge >= 0.3 is 6.09 Å². The van der Waals surface area contributed by atoms with Crippen LogP contribution in [0.5, 0.6) is 5.75 Å². The second-order valence-electron chi connectivity index (χ2n) is 2.66. The molecule has 0 aliphatic heterocycles. The predicted molar refractivity (Wildman–Crippen MR) is 47.9 cm³/mol. The summed E-state index contributed by atoms with van der Waals surface area (Å²) in [7, 11) is 0. The molecule has 0 unspecified atom stereocenters. The van der Waals surface area contributed by atoms with Crippen molar-refractivity contribution in [2.75, 3.05) is 13.2 Å². The van der Waals surface area contributed by atoms with Crippen molar-refractivity contribution in [3.05, 3.63) is 29.8 Å². The molecule has 0 bridgehead atoms. The van der Waals surface area contributed by atoms with E-state index in [4.69, 9.17) is 9.84 Å². The highest BCUT2D eigenvalue weighted by Gasteiger charge is 2.04. The molecule has 0 heterocycles. The standard InChI is InChI=1S/C9H9F2NO3/c10-6-1-2-8(7(11)5-6)15-4-3-12-9(13)14/h1-2,5,12H,3-4H2,(H,13,14). The van der Waals surface area contributed by atoms with Gasteiger partial charge in [-0.2, -0.15) is 0 Å². The lowest BCUT2D eigenvalue weighted by Crippen LogP contribution is -2.26. The third kappa shape index (κ3) is 3.80. The molecular weight excluding hydrogens is 208 g/mol. The summed E-state index contributed by atoms with van der Waals surface area (Å²) in [4.78, 5) is 10.0. The van der Waals surface area contributed by atoms with E-state index in [0.717, 1.165) is 12.1 Å². The Kier molecular flexibility index (Phi) is 3.84. The highest BCUT2D eigenvalue weighted by molar-refractivity contribution is 5.64. The fourth-order valence-corrected chi connectivity index (χ4v) is 0.911. The van der Waals surface area contributed by atoms with Crippen LogP contribution in [0, 0.1) is 11.6 Å². The number of carboxylic acid groups (broad SMARTS) is 1. The van der Waals surface area contributed by atoms with Gasteiger partial charge in [-0.1, -0.05) is 0 Å². The van der Waals surface area contributed by atoms with Crippen LogP contribution in [0.4, 0.5) is 13.6 Å². The van der Waals surface area contributed by atoms with Crippen LogP contribution in [-0.4, -0.2) is 24.4 Å². The lowest BCUT2D eigenvalue weighted by molar-refractivity contribution is 0.191. The highest BCUT2D eigenvalue weighted by atomic mass is 19.1. The Labute approximate surface area is 84.5 Å². The van der Waals surface area contributed by atoms with Gasteiger partial charge in [0.1, 0.15) is 12.4 Å². The van der Waals surface area contributed by atoms with E-state index >= 15 is 0 Å². The van der Waals surface area contributed by atoms with Gasteiger partial charge in [-0.15, -0.1) is 0 Å². The molecule has 0 saturated carbocycles. The fraction of sp³-hybridized carbons (Fsp3) is 0.222. The Morgan fingerprint density at radius 1 is 1.47 bits per heavy atom. The van der Waals surface area contributed by atoms with E-state index in [9.17, 15) is 13.6 Å². The van der Waals surface area contributed by atoms with Crippen molar-refractivity contribution in [3.63, 3.8) is 0 Å². The van der Waals surface area contributed by atoms with Crippen LogP contribution in [0.3, 0.4) is 0 Å². The lowest BCUT2D eigenvalue weighted by atomic mass is 10.3. The minimum Gasteiger partial charge on any atom is -0.489 e. The van der Waals surface area contributed by atoms with Crippen LogP contribution in [0.25, 0.3) is 0 Å². The van der Waals surface area contributed by atoms with Crippen LogP contribution >= 0.6 is 0 Å². The van der Waals surface area contributed by atoms with Gasteiger partial charge in [0.2, 0.25) is 0 Å². The van der Waals surface area contributed by atoms with Crippen molar-refractivity contribution >= 4 is 6.09 Å². The molecule has 2 N–H and O–H groups in total. The number of ether oxygens (including phenoxy) is 1. The summed E-state index contributed by atoms with van der Waals surface area (Å²) < 4.78 is 30.3. The van der Waals surface area contributed by atoms with E-state index in [2.05, 4.69) is 0 Å². The molecule has 0 aromatic heterocycles. The summed E-state index contributed by atoms with van der Waals surface area (Å²) in [6.45, 7) is 0.0149. The third-order valence-electron chi connectivity index (χ3n) is 1.53. The quantitative estimate of drug-likeness (QED) is 0.753. The molecule has 1 rings (SSSR count). The number of halogens is 2. The van der Waals surface area contributed by atoms with E-state index in [0.29, 0.717) is 6.07 Å². The Balaban J connectivity index is 2.40. The molecule has 0 spiro atoms. The minimum absolute atomic E-state index is 0.0190. The van der Waals surface area contributed by atoms with Crippen molar-refractivity contribution in [2.24, 2.45) is 0 Å². The summed E-state index contributed by atoms with van der Waals surface area (Å²) in [5.74, 6) is -1.61. The number of amides is 1. The average Bonchev–Trinajstić information content (AvgIpc) is 2.14. The van der Waals surface area contributed by atoms with Crippen molar-refractivity contribution in [1.82, 2.24) is 5.32 Å². The largest absolute Gasteiger partial charge is 0.489 e. The van der Waals surface area contributed by atoms with Crippen LogP contribution in [0.1, 0.15) is 0 Å². The number of rotatable bonds is 4. The van der Waals surface area contributed by atoms with Crippen LogP contribution in [0.15, 0.2) is 18.2 Å². The summed E-state index contributed by atoms with van der Waals surface area (Å²) in [5, 5.41) is 10.3. The van der Waals surface area contributed by atoms with Gasteiger partial charge in [0.25, 0.3) is 0 Å². The van der Waals surface area contributed by atoms with Crippen molar-refractivity contribution in [3.8, 4) is 5.75 Å². The number of hydrogen-bond acceptors (Lipinski definition) is 2. The molecule has 0 aliphatic carbocycles. The molecular formula is C9H9F2NO3. The summed E-state index contributed by atoms with van der Waals surface area (Å²) in [6.07, 6.45) is -1.18. The first-order chi connectivity index (χ1) is 7.09. The van der Waals surface area contributed by atoms with E-state index in [1.165, 1.54) is 0 Å². The maximum atomic E-state index is 12.9. The first-order valence-corrected chi connectivity index (χ1v) is 4.14. The second-order valence-corrected chi connectivity index (χ2v) is 2.66. The monoisotopic (exact) mass is 217 g/mol. The zero-order valence-electron chi connectivity index (χ0n) is 7.67. The van der Waals surface area contributed by atoms with E-state index < -0.39 is 17.7 Å². The van der Waals surface area contributed by atoms with Crippen LogP contribution in [-0.2, 0) is 0 Å². The summed E-state index contributed by atoms with van der Waals surface area (Å²) >= 11 is 0. The molecule has 1 amide bonds. The van der Waals surface area contributed by atoms with E-state index in [1.54, 1.807) is 0 Å². The zero-order chi connectivity index (χ0) is 11.3. The Morgan fingerprint density at radius 3 is 2.80 bits per heavy atom. The number of carbonyl (C=O) groups is 1. The van der Waals surface area contributed by atoms with Gasteiger partial charge in [0, 0.05) is 6.07 Å². The van der Waals surface area contributed by atoms with E-state index in [1.807, 2.05) is 5.32 Å². The van der Waals surface area contributed by atoms with Crippen LogP contribution < -0.4 is 10.1 Å². The minimum atomic E-state index is -1.18. The van der Waals surface area contributed by atoms with E-state index in [-0.39, 0.29) is 18.9 Å². The molecule has 1 aromatic rings. The molecule has 4 nitrogen and oxygen atoms in total. The first-order valence-electron chi connectivity index (χ1n) is 4.14. The van der Waals surface area contributed by atoms with Gasteiger partial charge in [0.15, 0.2) is 11.6 Å². The molecule has 0 radical (unpaired) electrons. The summed E-state index contributed by atoms with van der Waals surface area (Å²) in [6, 6.07) is 2.90. The van der Waals surface area contributed by atoms with Gasteiger partial charge < -0.3 is 15.2 Å². The predicted octanol–water partition coefficient (Wildman–Crippen LogP) is 1.61. The highest BCUT2D eigenvalue weighted by Crippen LogP contribution is 2.16. The topological polar surface area (TPSA) is 58.6 Å². The zero-order valence-corrected chi connectivity index (χ0v) is 7.67. The molecule has 0 saturated heterocycles. The molecule has 0 fully saturated rings. The van der Waals surface area contributed by atoms with Crippen molar-refractivity contribution in [2.45, 2.75) is 0 Å². The molecule has 15 heavy (non-hydrogen) atoms. The van der Waals surface area contributed by atoms with Crippen molar-refractivity contribution < 1.29 is 23.4 Å². The van der Waals surface area contributed by atoms with Gasteiger partial charge in [-0.25, -0.2) is 13.6 Å². The molecule has 82 valence electrons. The Morgan fingerprint density at radius 2 is 2.20 bits per heavy atom. The molecule has 1 aromatic carbocycles. The Hall–Kier alpha value is -1.85. The number of benzene rings is 1. The first kappa shape index (κ1) is 11.2. The second kappa shape index (κ2) is 5.14. The lowest BCUT2D eigenvalue weighted by Gasteiger charge is -2.06. The molecule has 0 atom stereocenters. The maximum absolute atomic E-state index is 12.9. The average molecular weight is 217 g/mol. The van der Waals surface area contributed by atoms with Gasteiger partial charge in [-0.3, -0.25) is 0 Å². The fourth-order valence-electron chi connectivity index (χ4n) is 0.911. The number of hydrogen-bond donors (Lipinski definition) is 2. The van der Waals surface area contributed by atoms with Crippen LogP contribution in [0.2, 0.25) is 0 Å². The third-order valence-corrected chi connectivity index (χ3v) is 1.53. The van der Waals surface area contributed by atoms with Gasteiger partial charge in [-0.05, 0) is 12.1 Å². The maximum Gasteiger partial charge on any atom is 0.404 e.